The summed E-state index contributed by atoms with van der Waals surface area (Å²) in [4.78, 5) is 14.8. The number of amides is 1. The Labute approximate surface area is 133 Å². The van der Waals surface area contributed by atoms with Crippen molar-refractivity contribution in [2.75, 3.05) is 31.6 Å². The van der Waals surface area contributed by atoms with Crippen molar-refractivity contribution in [3.63, 3.8) is 0 Å². The zero-order chi connectivity index (χ0) is 15.9. The number of piperidine rings is 1. The number of rotatable bonds is 6. The van der Waals surface area contributed by atoms with Crippen molar-refractivity contribution in [1.82, 2.24) is 4.90 Å². The number of aliphatic hydroxyl groups excluding tert-OH is 1. The summed E-state index contributed by atoms with van der Waals surface area (Å²) in [6.45, 7) is 6.78. The number of likely N-dealkylation sites (tertiary alicyclic amines) is 1. The van der Waals surface area contributed by atoms with Crippen LogP contribution in [-0.2, 0) is 0 Å². The Morgan fingerprint density at radius 2 is 2.14 bits per heavy atom. The number of carbonyl (C=O) groups is 1. The molecule has 1 aromatic carbocycles. The van der Waals surface area contributed by atoms with Gasteiger partial charge in [-0.25, -0.2) is 0 Å². The first kappa shape index (κ1) is 16.8. The molecule has 0 radical (unpaired) electrons. The zero-order valence-corrected chi connectivity index (χ0v) is 13.7. The van der Waals surface area contributed by atoms with E-state index in [0.717, 1.165) is 43.6 Å². The maximum atomic E-state index is 12.9. The molecule has 2 atom stereocenters. The summed E-state index contributed by atoms with van der Waals surface area (Å²) in [7, 11) is 0. The fourth-order valence-corrected chi connectivity index (χ4v) is 3.17. The molecule has 0 unspecified atom stereocenters. The number of nitrogens with zero attached hydrogens (tertiary/aromatic N) is 1. The first-order valence-electron chi connectivity index (χ1n) is 8.38. The molecular formula is C18H28N2O2. The Kier molecular flexibility index (Phi) is 6.25. The number of anilines is 1. The fourth-order valence-electron chi connectivity index (χ4n) is 3.17. The van der Waals surface area contributed by atoms with Crippen molar-refractivity contribution < 1.29 is 9.90 Å². The number of para-hydroxylation sites is 1. The summed E-state index contributed by atoms with van der Waals surface area (Å²) in [6.07, 6.45) is 3.22. The van der Waals surface area contributed by atoms with Gasteiger partial charge in [-0.3, -0.25) is 4.79 Å². The minimum Gasteiger partial charge on any atom is -0.396 e. The van der Waals surface area contributed by atoms with Crippen LogP contribution in [0.1, 0.15) is 43.5 Å². The Morgan fingerprint density at radius 3 is 2.86 bits per heavy atom. The van der Waals surface area contributed by atoms with Crippen LogP contribution >= 0.6 is 0 Å². The molecule has 0 saturated carbocycles. The molecular weight excluding hydrogens is 276 g/mol. The van der Waals surface area contributed by atoms with E-state index in [4.69, 9.17) is 0 Å². The molecule has 1 heterocycles. The highest BCUT2D eigenvalue weighted by atomic mass is 16.3. The van der Waals surface area contributed by atoms with Gasteiger partial charge >= 0.3 is 0 Å². The second-order valence-corrected chi connectivity index (χ2v) is 6.43. The lowest BCUT2D eigenvalue weighted by atomic mass is 9.90. The zero-order valence-electron chi connectivity index (χ0n) is 13.7. The van der Waals surface area contributed by atoms with Crippen molar-refractivity contribution in [1.29, 1.82) is 0 Å². The molecule has 0 aromatic heterocycles. The van der Waals surface area contributed by atoms with Gasteiger partial charge in [-0.05, 0) is 36.8 Å². The molecule has 4 nitrogen and oxygen atoms in total. The fraction of sp³-hybridized carbons (Fsp3) is 0.611. The highest BCUT2D eigenvalue weighted by Crippen LogP contribution is 2.25. The number of unbranched alkanes of at least 4 members (excludes halogenated alkanes) is 1. The van der Waals surface area contributed by atoms with Gasteiger partial charge < -0.3 is 15.3 Å². The third-order valence-electron chi connectivity index (χ3n) is 4.30. The van der Waals surface area contributed by atoms with E-state index in [-0.39, 0.29) is 18.4 Å². The number of hydrogen-bond donors (Lipinski definition) is 2. The topological polar surface area (TPSA) is 52.6 Å². The van der Waals surface area contributed by atoms with Crippen LogP contribution < -0.4 is 5.32 Å². The normalized spacial score (nSPS) is 21.7. The average Bonchev–Trinajstić information content (AvgIpc) is 2.54. The molecule has 2 rings (SSSR count). The standard InChI is InChI=1S/C18H28N2O2/c1-3-4-9-19-17-8-6-5-7-16(17)18(22)20-11-14(2)10-15(12-20)13-21/h5-8,14-15,19,21H,3-4,9-13H2,1-2H3/t14-,15-/m1/s1. The van der Waals surface area contributed by atoms with Crippen molar-refractivity contribution in [3.05, 3.63) is 29.8 Å². The number of carbonyl (C=O) groups excluding carboxylic acids is 1. The molecule has 1 aliphatic rings. The third kappa shape index (κ3) is 4.23. The van der Waals surface area contributed by atoms with Crippen LogP contribution in [0, 0.1) is 11.8 Å². The van der Waals surface area contributed by atoms with Gasteiger partial charge in [0.25, 0.3) is 5.91 Å². The van der Waals surface area contributed by atoms with Crippen molar-refractivity contribution in [3.8, 4) is 0 Å². The van der Waals surface area contributed by atoms with Crippen LogP contribution in [0.4, 0.5) is 5.69 Å². The van der Waals surface area contributed by atoms with E-state index >= 15 is 0 Å². The second-order valence-electron chi connectivity index (χ2n) is 6.43. The van der Waals surface area contributed by atoms with E-state index in [1.165, 1.54) is 0 Å². The van der Waals surface area contributed by atoms with Gasteiger partial charge in [0.15, 0.2) is 0 Å². The molecule has 0 bridgehead atoms. The predicted octanol–water partition coefficient (Wildman–Crippen LogP) is 2.99. The lowest BCUT2D eigenvalue weighted by Crippen LogP contribution is -2.44. The lowest BCUT2D eigenvalue weighted by molar-refractivity contribution is 0.0534. The molecule has 4 heteroatoms. The number of hydrogen-bond acceptors (Lipinski definition) is 3. The first-order chi connectivity index (χ1) is 10.7. The molecule has 122 valence electrons. The van der Waals surface area contributed by atoms with Crippen LogP contribution in [0.5, 0.6) is 0 Å². The Bertz CT molecular complexity index is 490. The quantitative estimate of drug-likeness (QED) is 0.794. The molecule has 0 spiro atoms. The van der Waals surface area contributed by atoms with E-state index in [9.17, 15) is 9.90 Å². The van der Waals surface area contributed by atoms with Crippen LogP contribution in [0.2, 0.25) is 0 Å². The van der Waals surface area contributed by atoms with Crippen molar-refractivity contribution in [2.45, 2.75) is 33.1 Å². The van der Waals surface area contributed by atoms with Crippen molar-refractivity contribution in [2.24, 2.45) is 11.8 Å². The van der Waals surface area contributed by atoms with E-state index in [2.05, 4.69) is 19.2 Å². The summed E-state index contributed by atoms with van der Waals surface area (Å²) in [5.41, 5.74) is 1.66. The Balaban J connectivity index is 2.11. The van der Waals surface area contributed by atoms with Crippen LogP contribution in [-0.4, -0.2) is 42.2 Å². The number of nitrogens with one attached hydrogen (secondary N) is 1. The molecule has 1 fully saturated rings. The Morgan fingerprint density at radius 1 is 1.36 bits per heavy atom. The van der Waals surface area contributed by atoms with Gasteiger partial charge in [-0.15, -0.1) is 0 Å². The minimum atomic E-state index is 0.0737. The second kappa shape index (κ2) is 8.18. The largest absolute Gasteiger partial charge is 0.396 e. The maximum absolute atomic E-state index is 12.9. The highest BCUT2D eigenvalue weighted by molar-refractivity contribution is 5.99. The number of aliphatic hydroxyl groups is 1. The van der Waals surface area contributed by atoms with Gasteiger partial charge in [0.1, 0.15) is 0 Å². The molecule has 2 N–H and O–H groups in total. The van der Waals surface area contributed by atoms with E-state index in [1.807, 2.05) is 29.2 Å². The van der Waals surface area contributed by atoms with E-state index < -0.39 is 0 Å². The summed E-state index contributed by atoms with van der Waals surface area (Å²) in [5, 5.41) is 12.8. The smallest absolute Gasteiger partial charge is 0.255 e. The lowest BCUT2D eigenvalue weighted by Gasteiger charge is -2.36. The van der Waals surface area contributed by atoms with Gasteiger partial charge in [0.05, 0.1) is 5.56 Å². The molecule has 1 aliphatic heterocycles. The average molecular weight is 304 g/mol. The highest BCUT2D eigenvalue weighted by Gasteiger charge is 2.28. The van der Waals surface area contributed by atoms with Crippen LogP contribution in [0.3, 0.4) is 0 Å². The van der Waals surface area contributed by atoms with E-state index in [1.54, 1.807) is 0 Å². The SMILES string of the molecule is CCCCNc1ccccc1C(=O)N1C[C@H](C)C[C@@H](CO)C1. The van der Waals surface area contributed by atoms with Gasteiger partial charge in [0.2, 0.25) is 0 Å². The third-order valence-corrected chi connectivity index (χ3v) is 4.30. The Hall–Kier alpha value is -1.55. The molecule has 1 aromatic rings. The van der Waals surface area contributed by atoms with Crippen LogP contribution in [0.15, 0.2) is 24.3 Å². The summed E-state index contributed by atoms with van der Waals surface area (Å²) < 4.78 is 0. The van der Waals surface area contributed by atoms with E-state index in [0.29, 0.717) is 12.5 Å². The maximum Gasteiger partial charge on any atom is 0.255 e. The summed E-state index contributed by atoms with van der Waals surface area (Å²) >= 11 is 0. The molecule has 1 amide bonds. The predicted molar refractivity (Wildman–Crippen MR) is 90.1 cm³/mol. The monoisotopic (exact) mass is 304 g/mol. The number of benzene rings is 1. The molecule has 22 heavy (non-hydrogen) atoms. The molecule has 1 saturated heterocycles. The summed E-state index contributed by atoms with van der Waals surface area (Å²) in [6, 6.07) is 7.74. The van der Waals surface area contributed by atoms with Gasteiger partial charge in [0, 0.05) is 31.9 Å². The van der Waals surface area contributed by atoms with Gasteiger partial charge in [-0.1, -0.05) is 32.4 Å². The molecule has 0 aliphatic carbocycles. The van der Waals surface area contributed by atoms with Crippen molar-refractivity contribution >= 4 is 11.6 Å². The first-order valence-corrected chi connectivity index (χ1v) is 8.38. The van der Waals surface area contributed by atoms with Crippen LogP contribution in [0.25, 0.3) is 0 Å². The van der Waals surface area contributed by atoms with Gasteiger partial charge in [-0.2, -0.15) is 0 Å². The summed E-state index contributed by atoms with van der Waals surface area (Å²) in [5.74, 6) is 0.715. The minimum absolute atomic E-state index is 0.0737.